The van der Waals surface area contributed by atoms with E-state index in [1.807, 2.05) is 66.0 Å². The van der Waals surface area contributed by atoms with Gasteiger partial charge in [0, 0.05) is 6.07 Å². The van der Waals surface area contributed by atoms with Crippen molar-refractivity contribution < 1.29 is 9.47 Å². The molecular formula is C20H19N3O2. The van der Waals surface area contributed by atoms with E-state index >= 15 is 0 Å². The smallest absolute Gasteiger partial charge is 0.230 e. The quantitative estimate of drug-likeness (QED) is 0.528. The molecule has 25 heavy (non-hydrogen) atoms. The van der Waals surface area contributed by atoms with E-state index in [1.165, 1.54) is 0 Å². The molecule has 0 fully saturated rings. The lowest BCUT2D eigenvalue weighted by Crippen LogP contribution is -1.97. The first-order valence-corrected chi connectivity index (χ1v) is 8.40. The van der Waals surface area contributed by atoms with Gasteiger partial charge >= 0.3 is 0 Å². The Balaban J connectivity index is 1.72. The van der Waals surface area contributed by atoms with E-state index in [0.29, 0.717) is 12.5 Å². The maximum absolute atomic E-state index is 6.06. The van der Waals surface area contributed by atoms with Crippen molar-refractivity contribution >= 4 is 16.6 Å². The monoisotopic (exact) mass is 333 g/mol. The molecule has 5 nitrogen and oxygen atoms in total. The highest BCUT2D eigenvalue weighted by atomic mass is 16.5. The molecule has 4 rings (SSSR count). The van der Waals surface area contributed by atoms with Gasteiger partial charge in [-0.15, -0.1) is 0 Å². The van der Waals surface area contributed by atoms with Crippen molar-refractivity contribution in [1.29, 1.82) is 0 Å². The Hall–Kier alpha value is -3.08. The van der Waals surface area contributed by atoms with E-state index in [0.717, 1.165) is 40.2 Å². The molecule has 0 radical (unpaired) electrons. The third kappa shape index (κ3) is 3.01. The molecule has 126 valence electrons. The number of fused-ring (bicyclic) bond motifs is 3. The average molecular weight is 333 g/mol. The number of aromatic nitrogens is 3. The van der Waals surface area contributed by atoms with Gasteiger partial charge < -0.3 is 9.47 Å². The zero-order chi connectivity index (χ0) is 17.2. The number of aryl methyl sites for hydroxylation is 1. The predicted molar refractivity (Wildman–Crippen MR) is 97.5 cm³/mol. The lowest BCUT2D eigenvalue weighted by Gasteiger charge is -2.10. The van der Waals surface area contributed by atoms with Crippen molar-refractivity contribution in [3.63, 3.8) is 0 Å². The molecule has 2 aromatic carbocycles. The molecule has 0 aliphatic heterocycles. The van der Waals surface area contributed by atoms with E-state index in [2.05, 4.69) is 17.0 Å². The standard InChI is InChI=1S/C20H19N3O2/c1-3-12-24-15-8-10-16(11-9-15)25-20-17-6-4-5-7-18(17)23-19(21-20)13-14(2)22-23/h4-11,13H,3,12H2,1-2H3. The fraction of sp³-hybridized carbons (Fsp3) is 0.200. The lowest BCUT2D eigenvalue weighted by molar-refractivity contribution is 0.317. The normalized spacial score (nSPS) is 11.1. The first-order valence-electron chi connectivity index (χ1n) is 8.40. The van der Waals surface area contributed by atoms with Crippen molar-refractivity contribution in [2.75, 3.05) is 6.61 Å². The molecule has 0 aliphatic rings. The number of hydrogen-bond acceptors (Lipinski definition) is 4. The van der Waals surface area contributed by atoms with Crippen LogP contribution in [0.5, 0.6) is 17.4 Å². The molecular weight excluding hydrogens is 314 g/mol. The van der Waals surface area contributed by atoms with Gasteiger partial charge in [-0.25, -0.2) is 4.52 Å². The van der Waals surface area contributed by atoms with Crippen LogP contribution in [0.4, 0.5) is 0 Å². The first-order chi connectivity index (χ1) is 12.2. The molecule has 0 unspecified atom stereocenters. The zero-order valence-electron chi connectivity index (χ0n) is 14.3. The molecule has 2 heterocycles. The second kappa shape index (κ2) is 6.43. The van der Waals surface area contributed by atoms with Crippen LogP contribution in [0, 0.1) is 6.92 Å². The van der Waals surface area contributed by atoms with Gasteiger partial charge in [-0.1, -0.05) is 19.1 Å². The third-order valence-corrected chi connectivity index (χ3v) is 3.90. The molecule has 5 heteroatoms. The Morgan fingerprint density at radius 3 is 2.56 bits per heavy atom. The van der Waals surface area contributed by atoms with Crippen molar-refractivity contribution in [2.45, 2.75) is 20.3 Å². The number of nitrogens with zero attached hydrogens (tertiary/aromatic N) is 3. The SMILES string of the molecule is CCCOc1ccc(Oc2nc3cc(C)nn3c3ccccc23)cc1. The molecule has 2 aromatic heterocycles. The number of hydrogen-bond donors (Lipinski definition) is 0. The summed E-state index contributed by atoms with van der Waals surface area (Å²) in [5.41, 5.74) is 2.67. The number of rotatable bonds is 5. The molecule has 0 saturated heterocycles. The average Bonchev–Trinajstić information content (AvgIpc) is 3.02. The lowest BCUT2D eigenvalue weighted by atomic mass is 10.2. The number of benzene rings is 2. The van der Waals surface area contributed by atoms with Gasteiger partial charge in [0.1, 0.15) is 11.5 Å². The van der Waals surface area contributed by atoms with Gasteiger partial charge in [0.05, 0.1) is 23.2 Å². The van der Waals surface area contributed by atoms with Gasteiger partial charge in [0.2, 0.25) is 5.88 Å². The van der Waals surface area contributed by atoms with Gasteiger partial charge in [-0.3, -0.25) is 0 Å². The topological polar surface area (TPSA) is 48.7 Å². The highest BCUT2D eigenvalue weighted by molar-refractivity contribution is 5.86. The minimum Gasteiger partial charge on any atom is -0.494 e. The molecule has 0 N–H and O–H groups in total. The van der Waals surface area contributed by atoms with Gasteiger partial charge in [0.15, 0.2) is 5.65 Å². The highest BCUT2D eigenvalue weighted by Crippen LogP contribution is 2.30. The van der Waals surface area contributed by atoms with Gasteiger partial charge in [0.25, 0.3) is 0 Å². The second-order valence-electron chi connectivity index (χ2n) is 5.91. The fourth-order valence-corrected chi connectivity index (χ4v) is 2.76. The van der Waals surface area contributed by atoms with Crippen LogP contribution >= 0.6 is 0 Å². The van der Waals surface area contributed by atoms with Gasteiger partial charge in [-0.2, -0.15) is 10.1 Å². The zero-order valence-corrected chi connectivity index (χ0v) is 14.3. The van der Waals surface area contributed by atoms with Crippen LogP contribution < -0.4 is 9.47 Å². The second-order valence-corrected chi connectivity index (χ2v) is 5.91. The Morgan fingerprint density at radius 2 is 1.76 bits per heavy atom. The molecule has 0 amide bonds. The summed E-state index contributed by atoms with van der Waals surface area (Å²) in [4.78, 5) is 4.64. The molecule has 0 saturated carbocycles. The van der Waals surface area contributed by atoms with E-state index in [9.17, 15) is 0 Å². The van der Waals surface area contributed by atoms with E-state index in [4.69, 9.17) is 9.47 Å². The summed E-state index contributed by atoms with van der Waals surface area (Å²) in [5.74, 6) is 2.14. The van der Waals surface area contributed by atoms with Crippen LogP contribution in [0.15, 0.2) is 54.6 Å². The van der Waals surface area contributed by atoms with Crippen LogP contribution in [0.1, 0.15) is 19.0 Å². The molecule has 0 bridgehead atoms. The van der Waals surface area contributed by atoms with Crippen molar-refractivity contribution in [3.05, 3.63) is 60.3 Å². The third-order valence-electron chi connectivity index (χ3n) is 3.90. The Labute approximate surface area is 145 Å². The summed E-state index contributed by atoms with van der Waals surface area (Å²) in [6.45, 7) is 4.76. The maximum atomic E-state index is 6.06. The summed E-state index contributed by atoms with van der Waals surface area (Å²) >= 11 is 0. The van der Waals surface area contributed by atoms with Gasteiger partial charge in [-0.05, 0) is 49.7 Å². The predicted octanol–water partition coefficient (Wildman–Crippen LogP) is 4.77. The summed E-state index contributed by atoms with van der Waals surface area (Å²) in [5, 5.41) is 5.43. The van der Waals surface area contributed by atoms with Crippen LogP contribution in [0.3, 0.4) is 0 Å². The van der Waals surface area contributed by atoms with Crippen LogP contribution in [0.25, 0.3) is 16.6 Å². The van der Waals surface area contributed by atoms with Crippen molar-refractivity contribution in [1.82, 2.24) is 14.6 Å². The molecule has 4 aromatic rings. The summed E-state index contributed by atoms with van der Waals surface area (Å²) < 4.78 is 13.5. The fourth-order valence-electron chi connectivity index (χ4n) is 2.76. The van der Waals surface area contributed by atoms with E-state index in [1.54, 1.807) is 0 Å². The van der Waals surface area contributed by atoms with Crippen molar-refractivity contribution in [3.8, 4) is 17.4 Å². The van der Waals surface area contributed by atoms with Crippen LogP contribution in [-0.4, -0.2) is 21.2 Å². The summed E-state index contributed by atoms with van der Waals surface area (Å²) in [6, 6.07) is 17.5. The van der Waals surface area contributed by atoms with Crippen molar-refractivity contribution in [2.24, 2.45) is 0 Å². The largest absolute Gasteiger partial charge is 0.494 e. The summed E-state index contributed by atoms with van der Waals surface area (Å²) in [7, 11) is 0. The molecule has 0 atom stereocenters. The Morgan fingerprint density at radius 1 is 1.00 bits per heavy atom. The van der Waals surface area contributed by atoms with Crippen LogP contribution in [-0.2, 0) is 0 Å². The first kappa shape index (κ1) is 15.4. The highest BCUT2D eigenvalue weighted by Gasteiger charge is 2.11. The number of ether oxygens (including phenoxy) is 2. The van der Waals surface area contributed by atoms with Crippen LogP contribution in [0.2, 0.25) is 0 Å². The maximum Gasteiger partial charge on any atom is 0.230 e. The van der Waals surface area contributed by atoms with E-state index < -0.39 is 0 Å². The van der Waals surface area contributed by atoms with E-state index in [-0.39, 0.29) is 0 Å². The Bertz CT molecular complexity index is 1020. The Kier molecular flexibility index (Phi) is 3.98. The minimum absolute atomic E-state index is 0.574. The molecule has 0 spiro atoms. The molecule has 0 aliphatic carbocycles. The summed E-state index contributed by atoms with van der Waals surface area (Å²) in [6.07, 6.45) is 0.985. The minimum atomic E-state index is 0.574. The number of para-hydroxylation sites is 1.